The number of nitrogens with zero attached hydrogens (tertiary/aromatic N) is 1. The van der Waals surface area contributed by atoms with Crippen molar-refractivity contribution in [1.82, 2.24) is 9.55 Å². The molecule has 0 radical (unpaired) electrons. The molecule has 2 heterocycles. The highest BCUT2D eigenvalue weighted by molar-refractivity contribution is 5.47. The van der Waals surface area contributed by atoms with Gasteiger partial charge in [0.2, 0.25) is 0 Å². The van der Waals surface area contributed by atoms with Crippen molar-refractivity contribution in [3.63, 3.8) is 0 Å². The molecule has 3 atom stereocenters. The lowest BCUT2D eigenvalue weighted by Crippen LogP contribution is -2.40. The summed E-state index contributed by atoms with van der Waals surface area (Å²) in [5.74, 6) is 0. The number of rotatable bonds is 7. The van der Waals surface area contributed by atoms with Gasteiger partial charge in [-0.3, -0.25) is 14.3 Å². The maximum Gasteiger partial charge on any atom is 0.330 e. The van der Waals surface area contributed by atoms with Gasteiger partial charge in [-0.05, 0) is 23.6 Å². The van der Waals surface area contributed by atoms with Gasteiger partial charge < -0.3 is 15.2 Å². The van der Waals surface area contributed by atoms with Crippen molar-refractivity contribution < 1.29 is 9.47 Å². The van der Waals surface area contributed by atoms with Crippen LogP contribution in [0.5, 0.6) is 0 Å². The second-order valence-electron chi connectivity index (χ2n) is 9.10. The number of aromatic amines is 1. The molecule has 1 saturated heterocycles. The smallest absolute Gasteiger partial charge is 0.330 e. The number of ether oxygens (including phenoxy) is 2. The Kier molecular flexibility index (Phi) is 6.69. The van der Waals surface area contributed by atoms with Crippen molar-refractivity contribution in [2.75, 3.05) is 6.61 Å². The summed E-state index contributed by atoms with van der Waals surface area (Å²) in [6.07, 6.45) is 0.902. The third-order valence-corrected chi connectivity index (χ3v) is 6.74. The van der Waals surface area contributed by atoms with E-state index >= 15 is 0 Å². The summed E-state index contributed by atoms with van der Waals surface area (Å²) >= 11 is 0. The average molecular weight is 484 g/mol. The molecule has 1 fully saturated rings. The van der Waals surface area contributed by atoms with E-state index in [1.165, 1.54) is 10.8 Å². The molecule has 4 aromatic rings. The molecule has 0 spiro atoms. The van der Waals surface area contributed by atoms with Crippen LogP contribution in [0.15, 0.2) is 107 Å². The number of aryl methyl sites for hydroxylation is 1. The molecule has 0 saturated carbocycles. The zero-order valence-electron chi connectivity index (χ0n) is 20.0. The highest BCUT2D eigenvalue weighted by atomic mass is 16.6. The topological polar surface area (TPSA) is 99.3 Å². The quantitative estimate of drug-likeness (QED) is 0.392. The van der Waals surface area contributed by atoms with E-state index in [4.69, 9.17) is 15.2 Å². The third-order valence-electron chi connectivity index (χ3n) is 6.74. The van der Waals surface area contributed by atoms with E-state index in [-0.39, 0.29) is 12.6 Å². The molecule has 184 valence electrons. The maximum absolute atomic E-state index is 12.4. The number of hydrogen-bond acceptors (Lipinski definition) is 5. The minimum absolute atomic E-state index is 0.202. The first-order chi connectivity index (χ1) is 17.5. The lowest BCUT2D eigenvalue weighted by molar-refractivity contribution is -0.0797. The maximum atomic E-state index is 12.4. The first-order valence-electron chi connectivity index (χ1n) is 12.0. The van der Waals surface area contributed by atoms with Crippen molar-refractivity contribution in [3.05, 3.63) is 140 Å². The van der Waals surface area contributed by atoms with E-state index in [0.29, 0.717) is 12.0 Å². The molecular formula is C29H29N3O4. The summed E-state index contributed by atoms with van der Waals surface area (Å²) in [5.41, 5.74) is 8.05. The number of nitrogens with two attached hydrogens (primary N) is 1. The van der Waals surface area contributed by atoms with Gasteiger partial charge in [0, 0.05) is 24.2 Å². The van der Waals surface area contributed by atoms with Gasteiger partial charge in [-0.25, -0.2) is 4.79 Å². The van der Waals surface area contributed by atoms with Crippen LogP contribution in [0.2, 0.25) is 0 Å². The number of aromatic nitrogens is 2. The standard InChI is InChI=1S/C29H29N3O4/c1-20-18-32(28(34)31-27(20)33)26-17-24(30)25(36-26)19-35-29(21-11-5-2-6-12-21,22-13-7-3-8-14-22)23-15-9-4-10-16-23/h2-16,18,24-26H,17,19,30H2,1H3,(H,31,33,34)/t24-,25+,26+/m0/s1. The summed E-state index contributed by atoms with van der Waals surface area (Å²) in [6.45, 7) is 1.85. The van der Waals surface area contributed by atoms with Gasteiger partial charge in [-0.1, -0.05) is 91.0 Å². The first kappa shape index (κ1) is 23.9. The van der Waals surface area contributed by atoms with Gasteiger partial charge in [0.25, 0.3) is 5.56 Å². The molecule has 1 aliphatic heterocycles. The fraction of sp³-hybridized carbons (Fsp3) is 0.241. The highest BCUT2D eigenvalue weighted by Crippen LogP contribution is 2.41. The van der Waals surface area contributed by atoms with Gasteiger partial charge >= 0.3 is 5.69 Å². The summed E-state index contributed by atoms with van der Waals surface area (Å²) in [5, 5.41) is 0. The summed E-state index contributed by atoms with van der Waals surface area (Å²) in [4.78, 5) is 26.6. The fourth-order valence-electron chi connectivity index (χ4n) is 4.86. The van der Waals surface area contributed by atoms with Crippen LogP contribution in [0.25, 0.3) is 0 Å². The van der Waals surface area contributed by atoms with E-state index < -0.39 is 29.2 Å². The van der Waals surface area contributed by atoms with Crippen LogP contribution < -0.4 is 17.0 Å². The Hall–Kier alpha value is -3.78. The molecule has 0 aliphatic carbocycles. The van der Waals surface area contributed by atoms with Crippen LogP contribution in [0, 0.1) is 6.92 Å². The van der Waals surface area contributed by atoms with E-state index in [9.17, 15) is 9.59 Å². The Morgan fingerprint density at radius 3 is 1.92 bits per heavy atom. The van der Waals surface area contributed by atoms with Crippen molar-refractivity contribution in [1.29, 1.82) is 0 Å². The van der Waals surface area contributed by atoms with Gasteiger partial charge in [-0.2, -0.15) is 0 Å². The second-order valence-corrected chi connectivity index (χ2v) is 9.10. The van der Waals surface area contributed by atoms with Crippen LogP contribution in [0.1, 0.15) is 34.9 Å². The summed E-state index contributed by atoms with van der Waals surface area (Å²) in [7, 11) is 0. The minimum atomic E-state index is -0.893. The monoisotopic (exact) mass is 483 g/mol. The Morgan fingerprint density at radius 2 is 1.42 bits per heavy atom. The average Bonchev–Trinajstić information content (AvgIpc) is 3.28. The number of hydrogen-bond donors (Lipinski definition) is 2. The Bertz CT molecular complexity index is 1320. The highest BCUT2D eigenvalue weighted by Gasteiger charge is 2.41. The van der Waals surface area contributed by atoms with Crippen LogP contribution in [-0.2, 0) is 15.1 Å². The minimum Gasteiger partial charge on any atom is -0.358 e. The van der Waals surface area contributed by atoms with Crippen molar-refractivity contribution in [3.8, 4) is 0 Å². The molecule has 1 aromatic heterocycles. The summed E-state index contributed by atoms with van der Waals surface area (Å²) in [6, 6.07) is 29.9. The van der Waals surface area contributed by atoms with Crippen LogP contribution >= 0.6 is 0 Å². The third kappa shape index (κ3) is 4.44. The molecule has 7 nitrogen and oxygen atoms in total. The predicted octanol–water partition coefficient (Wildman–Crippen LogP) is 3.47. The van der Waals surface area contributed by atoms with Gasteiger partial charge in [-0.15, -0.1) is 0 Å². The number of benzene rings is 3. The summed E-state index contributed by atoms with van der Waals surface area (Å²) < 4.78 is 14.5. The first-order valence-corrected chi connectivity index (χ1v) is 12.0. The lowest BCUT2D eigenvalue weighted by atomic mass is 9.80. The van der Waals surface area contributed by atoms with E-state index in [1.54, 1.807) is 6.92 Å². The van der Waals surface area contributed by atoms with Gasteiger partial charge in [0.1, 0.15) is 11.8 Å². The zero-order chi connectivity index (χ0) is 25.1. The molecule has 0 unspecified atom stereocenters. The predicted molar refractivity (Wildman–Crippen MR) is 138 cm³/mol. The van der Waals surface area contributed by atoms with Gasteiger partial charge in [0.15, 0.2) is 0 Å². The normalized spacial score (nSPS) is 19.9. The van der Waals surface area contributed by atoms with E-state index in [1.807, 2.05) is 54.6 Å². The largest absolute Gasteiger partial charge is 0.358 e. The zero-order valence-corrected chi connectivity index (χ0v) is 20.0. The molecule has 3 N–H and O–H groups in total. The van der Waals surface area contributed by atoms with Crippen LogP contribution in [-0.4, -0.2) is 28.3 Å². The Labute approximate surface area is 209 Å². The molecule has 5 rings (SSSR count). The SMILES string of the molecule is Cc1cn([C@H]2C[C@H](N)[C@@H](COC(c3ccccc3)(c3ccccc3)c3ccccc3)O2)c(=O)[nH]c1=O. The van der Waals surface area contributed by atoms with E-state index in [2.05, 4.69) is 41.4 Å². The molecule has 3 aromatic carbocycles. The lowest BCUT2D eigenvalue weighted by Gasteiger charge is -2.37. The molecule has 0 bridgehead atoms. The number of H-pyrrole nitrogens is 1. The Morgan fingerprint density at radius 1 is 0.917 bits per heavy atom. The Balaban J connectivity index is 1.50. The molecular weight excluding hydrogens is 454 g/mol. The van der Waals surface area contributed by atoms with E-state index in [0.717, 1.165) is 16.7 Å². The number of nitrogens with one attached hydrogen (secondary N) is 1. The molecule has 7 heteroatoms. The molecule has 36 heavy (non-hydrogen) atoms. The fourth-order valence-corrected chi connectivity index (χ4v) is 4.86. The van der Waals surface area contributed by atoms with Crippen molar-refractivity contribution in [2.24, 2.45) is 5.73 Å². The molecule has 1 aliphatic rings. The van der Waals surface area contributed by atoms with Crippen molar-refractivity contribution in [2.45, 2.75) is 37.3 Å². The van der Waals surface area contributed by atoms with Crippen molar-refractivity contribution >= 4 is 0 Å². The second kappa shape index (κ2) is 10.1. The van der Waals surface area contributed by atoms with Crippen LogP contribution in [0.3, 0.4) is 0 Å². The van der Waals surface area contributed by atoms with Gasteiger partial charge in [0.05, 0.1) is 12.7 Å². The van der Waals surface area contributed by atoms with Crippen LogP contribution in [0.4, 0.5) is 0 Å². The molecule has 0 amide bonds.